The Morgan fingerprint density at radius 2 is 1.78 bits per heavy atom. The Bertz CT molecular complexity index is 618. The Morgan fingerprint density at radius 1 is 1.11 bits per heavy atom. The van der Waals surface area contributed by atoms with Crippen LogP contribution in [0, 0.1) is 0 Å². The number of ether oxygens (including phenoxy) is 2. The Labute approximate surface area is 159 Å². The summed E-state index contributed by atoms with van der Waals surface area (Å²) in [5, 5.41) is 8.28. The average molecular weight is 380 g/mol. The summed E-state index contributed by atoms with van der Waals surface area (Å²) in [6.45, 7) is 8.23. The zero-order chi connectivity index (χ0) is 20.3. The Balaban J connectivity index is 2.29. The van der Waals surface area contributed by atoms with Crippen LogP contribution in [0.5, 0.6) is 0 Å². The minimum Gasteiger partial charge on any atom is -0.450 e. The van der Waals surface area contributed by atoms with Crippen molar-refractivity contribution < 1.29 is 33.9 Å². The highest BCUT2D eigenvalue weighted by molar-refractivity contribution is 5.89. The molecular weight excluding hydrogens is 352 g/mol. The number of ketones is 1. The van der Waals surface area contributed by atoms with Gasteiger partial charge in [-0.15, -0.1) is 0 Å². The molecule has 0 heterocycles. The van der Waals surface area contributed by atoms with Crippen molar-refractivity contribution in [3.63, 3.8) is 0 Å². The van der Waals surface area contributed by atoms with Crippen LogP contribution in [0.2, 0.25) is 0 Å². The van der Waals surface area contributed by atoms with Crippen LogP contribution in [0.15, 0.2) is 36.6 Å². The van der Waals surface area contributed by atoms with Crippen molar-refractivity contribution in [1.82, 2.24) is 0 Å². The quantitative estimate of drug-likeness (QED) is 0.145. The Kier molecular flexibility index (Phi) is 9.53. The molecule has 27 heavy (non-hydrogen) atoms. The topological polar surface area (TPSA) is 91.3 Å². The van der Waals surface area contributed by atoms with Crippen LogP contribution >= 0.6 is 0 Å². The fraction of sp³-hybridized carbons (Fsp3) is 0.500. The molecule has 7 nitrogen and oxygen atoms in total. The number of benzene rings is 1. The van der Waals surface area contributed by atoms with Gasteiger partial charge in [0.05, 0.1) is 13.2 Å². The summed E-state index contributed by atoms with van der Waals surface area (Å²) >= 11 is 0. The maximum absolute atomic E-state index is 11.7. The van der Waals surface area contributed by atoms with Crippen LogP contribution in [0.25, 0.3) is 0 Å². The second-order valence-corrected chi connectivity index (χ2v) is 6.71. The molecule has 150 valence electrons. The number of allylic oxidation sites excluding steroid dienone is 1. The van der Waals surface area contributed by atoms with Crippen LogP contribution in [0.3, 0.4) is 0 Å². The van der Waals surface area contributed by atoms with E-state index in [1.165, 1.54) is 17.9 Å². The van der Waals surface area contributed by atoms with Gasteiger partial charge in [0, 0.05) is 12.5 Å². The molecular formula is C20H28O7. The van der Waals surface area contributed by atoms with E-state index in [0.29, 0.717) is 5.92 Å². The lowest BCUT2D eigenvalue weighted by atomic mass is 9.94. The highest BCUT2D eigenvalue weighted by Gasteiger charge is 2.23. The van der Waals surface area contributed by atoms with Crippen molar-refractivity contribution in [3.8, 4) is 0 Å². The molecule has 0 atom stereocenters. The third-order valence-corrected chi connectivity index (χ3v) is 3.78. The zero-order valence-electron chi connectivity index (χ0n) is 16.3. The molecule has 0 aromatic heterocycles. The van der Waals surface area contributed by atoms with Gasteiger partial charge in [-0.2, -0.15) is 4.89 Å². The molecule has 0 unspecified atom stereocenters. The first-order chi connectivity index (χ1) is 12.7. The molecule has 0 aliphatic heterocycles. The minimum absolute atomic E-state index is 0.0659. The maximum atomic E-state index is 11.7. The number of carbonyl (C=O) groups excluding carboxylic acids is 1. The number of hydrogen-bond donors (Lipinski definition) is 1. The lowest BCUT2D eigenvalue weighted by molar-refractivity contribution is -0.321. The predicted octanol–water partition coefficient (Wildman–Crippen LogP) is 4.18. The van der Waals surface area contributed by atoms with E-state index >= 15 is 0 Å². The van der Waals surface area contributed by atoms with Crippen LogP contribution in [0.1, 0.15) is 51.2 Å². The molecule has 0 spiro atoms. The van der Waals surface area contributed by atoms with Crippen LogP contribution < -0.4 is 0 Å². The Hall–Kier alpha value is -2.38. The maximum Gasteiger partial charge on any atom is 0.505 e. The van der Waals surface area contributed by atoms with Crippen LogP contribution in [-0.2, 0) is 29.6 Å². The molecule has 0 radical (unpaired) electrons. The number of carbonyl (C=O) groups is 2. The van der Waals surface area contributed by atoms with Crippen molar-refractivity contribution in [3.05, 3.63) is 47.7 Å². The van der Waals surface area contributed by atoms with E-state index in [-0.39, 0.29) is 32.0 Å². The number of rotatable bonds is 12. The smallest absolute Gasteiger partial charge is 0.450 e. The molecule has 1 aromatic rings. The first kappa shape index (κ1) is 22.7. The van der Waals surface area contributed by atoms with Gasteiger partial charge in [0.2, 0.25) is 0 Å². The fourth-order valence-electron chi connectivity index (χ4n) is 2.12. The lowest BCUT2D eigenvalue weighted by Crippen LogP contribution is -2.21. The summed E-state index contributed by atoms with van der Waals surface area (Å²) in [6, 6.07) is 8.12. The van der Waals surface area contributed by atoms with E-state index < -0.39 is 11.8 Å². The average Bonchev–Trinajstić information content (AvgIpc) is 2.61. The summed E-state index contributed by atoms with van der Waals surface area (Å²) in [4.78, 5) is 32.2. The zero-order valence-corrected chi connectivity index (χ0v) is 16.3. The highest BCUT2D eigenvalue weighted by Crippen LogP contribution is 2.26. The third-order valence-electron chi connectivity index (χ3n) is 3.78. The lowest BCUT2D eigenvalue weighted by Gasteiger charge is -2.23. The van der Waals surface area contributed by atoms with Crippen molar-refractivity contribution in [1.29, 1.82) is 0 Å². The summed E-state index contributed by atoms with van der Waals surface area (Å²) < 4.78 is 9.36. The van der Waals surface area contributed by atoms with Gasteiger partial charge in [-0.05, 0) is 30.9 Å². The molecule has 0 aliphatic rings. The van der Waals surface area contributed by atoms with Gasteiger partial charge in [-0.25, -0.2) is 4.79 Å². The molecule has 0 saturated carbocycles. The summed E-state index contributed by atoms with van der Waals surface area (Å²) in [5.74, 6) is 0.263. The summed E-state index contributed by atoms with van der Waals surface area (Å²) in [7, 11) is 0. The van der Waals surface area contributed by atoms with Crippen LogP contribution in [-0.4, -0.2) is 36.9 Å². The molecule has 0 fully saturated rings. The Morgan fingerprint density at radius 3 is 2.37 bits per heavy atom. The van der Waals surface area contributed by atoms with Crippen LogP contribution in [0.4, 0.5) is 4.79 Å². The van der Waals surface area contributed by atoms with Gasteiger partial charge in [0.15, 0.2) is 5.78 Å². The van der Waals surface area contributed by atoms with Gasteiger partial charge in [-0.1, -0.05) is 38.1 Å². The first-order valence-corrected chi connectivity index (χ1v) is 8.80. The van der Waals surface area contributed by atoms with Gasteiger partial charge < -0.3 is 19.5 Å². The van der Waals surface area contributed by atoms with Gasteiger partial charge >= 0.3 is 6.16 Å². The number of hydrogen-bond acceptors (Lipinski definition) is 6. The van der Waals surface area contributed by atoms with Crippen molar-refractivity contribution in [2.75, 3.05) is 19.8 Å². The highest BCUT2D eigenvalue weighted by atomic mass is 17.2. The van der Waals surface area contributed by atoms with E-state index in [0.717, 1.165) is 5.56 Å². The predicted molar refractivity (Wildman–Crippen MR) is 99.3 cm³/mol. The molecule has 0 saturated heterocycles. The second kappa shape index (κ2) is 11.4. The molecule has 1 N–H and O–H groups in total. The summed E-state index contributed by atoms with van der Waals surface area (Å²) in [5.41, 5.74) is 1.54. The van der Waals surface area contributed by atoms with E-state index in [1.807, 2.05) is 26.0 Å². The van der Waals surface area contributed by atoms with E-state index in [9.17, 15) is 9.59 Å². The van der Waals surface area contributed by atoms with E-state index in [1.54, 1.807) is 0 Å². The van der Waals surface area contributed by atoms with E-state index in [2.05, 4.69) is 30.7 Å². The SMILES string of the molecule is CC(C)c1ccc(C(C)(C)OOC=CC(=O)CCOCCOC(=O)O)cc1. The largest absolute Gasteiger partial charge is 0.505 e. The molecule has 0 amide bonds. The minimum atomic E-state index is -1.35. The summed E-state index contributed by atoms with van der Waals surface area (Å²) in [6.07, 6.45) is 1.25. The van der Waals surface area contributed by atoms with Gasteiger partial charge in [-0.3, -0.25) is 4.79 Å². The number of carboxylic acid groups (broad SMARTS) is 1. The first-order valence-electron chi connectivity index (χ1n) is 8.80. The fourth-order valence-corrected chi connectivity index (χ4v) is 2.12. The van der Waals surface area contributed by atoms with E-state index in [4.69, 9.17) is 19.6 Å². The molecule has 0 aliphatic carbocycles. The van der Waals surface area contributed by atoms with Crippen molar-refractivity contribution >= 4 is 11.9 Å². The van der Waals surface area contributed by atoms with Crippen molar-refractivity contribution in [2.24, 2.45) is 0 Å². The van der Waals surface area contributed by atoms with Crippen molar-refractivity contribution in [2.45, 2.75) is 45.6 Å². The molecule has 1 aromatic carbocycles. The standard InChI is InChI=1S/C20H28O7/c1-15(2)16-5-7-17(8-6-16)20(3,4)27-26-12-10-18(21)9-11-24-13-14-25-19(22)23/h5-8,10,12,15H,9,11,13-14H2,1-4H3,(H,22,23). The second-order valence-electron chi connectivity index (χ2n) is 6.71. The molecule has 0 bridgehead atoms. The monoisotopic (exact) mass is 380 g/mol. The third kappa shape index (κ3) is 9.21. The van der Waals surface area contributed by atoms with Gasteiger partial charge in [0.25, 0.3) is 0 Å². The van der Waals surface area contributed by atoms with Gasteiger partial charge in [0.1, 0.15) is 18.5 Å². The molecule has 7 heteroatoms. The molecule has 1 rings (SSSR count). The normalized spacial score (nSPS) is 11.7.